The Morgan fingerprint density at radius 1 is 1.35 bits per heavy atom. The zero-order valence-corrected chi connectivity index (χ0v) is 13.3. The molecule has 110 valence electrons. The first kappa shape index (κ1) is 15.4. The molecule has 2 rings (SSSR count). The third-order valence-electron chi connectivity index (χ3n) is 3.73. The molecule has 1 aromatic carbocycles. The predicted octanol–water partition coefficient (Wildman–Crippen LogP) is 4.21. The molecule has 1 aliphatic heterocycles. The van der Waals surface area contributed by atoms with Crippen LogP contribution in [0.4, 0.5) is 4.79 Å². The number of piperidine rings is 1. The van der Waals surface area contributed by atoms with Crippen LogP contribution in [0.5, 0.6) is 0 Å². The van der Waals surface area contributed by atoms with Crippen LogP contribution in [-0.4, -0.2) is 29.4 Å². The van der Waals surface area contributed by atoms with Crippen molar-refractivity contribution in [2.45, 2.75) is 32.3 Å². The summed E-state index contributed by atoms with van der Waals surface area (Å²) >= 11 is 3.47. The van der Waals surface area contributed by atoms with Gasteiger partial charge >= 0.3 is 6.09 Å². The molecule has 0 unspecified atom stereocenters. The van der Waals surface area contributed by atoms with Gasteiger partial charge in [0.15, 0.2) is 0 Å². The minimum absolute atomic E-state index is 0.169. The zero-order chi connectivity index (χ0) is 14.2. The van der Waals surface area contributed by atoms with Crippen LogP contribution in [0, 0.1) is 5.92 Å². The standard InChI is InChI=1S/C16H22BrNO2/c17-10-4-8-14-9-5-11-18(12-14)16(19)20-13-15-6-2-1-3-7-15/h1-3,6-7,14H,4-5,8-13H2/t14-/m1/s1. The minimum Gasteiger partial charge on any atom is -0.445 e. The number of hydrogen-bond donors (Lipinski definition) is 0. The second-order valence-corrected chi connectivity index (χ2v) is 6.12. The summed E-state index contributed by atoms with van der Waals surface area (Å²) in [5.41, 5.74) is 1.04. The molecular weight excluding hydrogens is 318 g/mol. The van der Waals surface area contributed by atoms with E-state index in [1.807, 2.05) is 35.2 Å². The number of benzene rings is 1. The Bertz CT molecular complexity index is 410. The highest BCUT2D eigenvalue weighted by atomic mass is 79.9. The molecule has 1 fully saturated rings. The summed E-state index contributed by atoms with van der Waals surface area (Å²) in [6, 6.07) is 9.83. The molecule has 4 heteroatoms. The lowest BCUT2D eigenvalue weighted by atomic mass is 9.94. The van der Waals surface area contributed by atoms with Crippen LogP contribution in [0.1, 0.15) is 31.2 Å². The van der Waals surface area contributed by atoms with Gasteiger partial charge in [0.05, 0.1) is 0 Å². The minimum atomic E-state index is -0.169. The Kier molecular flexibility index (Phi) is 6.37. The van der Waals surface area contributed by atoms with Gasteiger partial charge in [0.2, 0.25) is 0 Å². The lowest BCUT2D eigenvalue weighted by Crippen LogP contribution is -2.40. The van der Waals surface area contributed by atoms with E-state index >= 15 is 0 Å². The number of ether oxygens (including phenoxy) is 1. The predicted molar refractivity (Wildman–Crippen MR) is 84.0 cm³/mol. The molecule has 0 spiro atoms. The van der Waals surface area contributed by atoms with Crippen LogP contribution in [-0.2, 0) is 11.3 Å². The molecule has 3 nitrogen and oxygen atoms in total. The maximum absolute atomic E-state index is 12.1. The Morgan fingerprint density at radius 3 is 2.90 bits per heavy atom. The molecule has 1 atom stereocenters. The summed E-state index contributed by atoms with van der Waals surface area (Å²) in [6.07, 6.45) is 4.52. The van der Waals surface area contributed by atoms with Gasteiger partial charge in [-0.15, -0.1) is 0 Å². The van der Waals surface area contributed by atoms with Crippen LogP contribution in [0.3, 0.4) is 0 Å². The molecule has 0 aromatic heterocycles. The summed E-state index contributed by atoms with van der Waals surface area (Å²) in [7, 11) is 0. The molecule has 20 heavy (non-hydrogen) atoms. The Hall–Kier alpha value is -1.03. The van der Waals surface area contributed by atoms with Crippen LogP contribution in [0.15, 0.2) is 30.3 Å². The van der Waals surface area contributed by atoms with Gasteiger partial charge in [0, 0.05) is 18.4 Å². The van der Waals surface area contributed by atoms with Gasteiger partial charge < -0.3 is 9.64 Å². The van der Waals surface area contributed by atoms with Crippen LogP contribution >= 0.6 is 15.9 Å². The van der Waals surface area contributed by atoms with Gasteiger partial charge in [-0.3, -0.25) is 0 Å². The molecule has 1 aliphatic rings. The van der Waals surface area contributed by atoms with Crippen molar-refractivity contribution < 1.29 is 9.53 Å². The highest BCUT2D eigenvalue weighted by molar-refractivity contribution is 9.09. The van der Waals surface area contributed by atoms with E-state index in [1.165, 1.54) is 19.3 Å². The summed E-state index contributed by atoms with van der Waals surface area (Å²) < 4.78 is 5.40. The number of hydrogen-bond acceptors (Lipinski definition) is 2. The second kappa shape index (κ2) is 8.30. The van der Waals surface area contributed by atoms with Crippen molar-refractivity contribution in [2.75, 3.05) is 18.4 Å². The first-order chi connectivity index (χ1) is 9.79. The largest absolute Gasteiger partial charge is 0.445 e. The molecule has 0 radical (unpaired) electrons. The quantitative estimate of drug-likeness (QED) is 0.752. The summed E-state index contributed by atoms with van der Waals surface area (Å²) in [5, 5.41) is 1.04. The molecule has 0 N–H and O–H groups in total. The fourth-order valence-electron chi connectivity index (χ4n) is 2.64. The summed E-state index contributed by atoms with van der Waals surface area (Å²) in [6.45, 7) is 2.04. The van der Waals surface area contributed by atoms with Crippen LogP contribution in [0.25, 0.3) is 0 Å². The number of carbonyl (C=O) groups excluding carboxylic acids is 1. The number of halogens is 1. The van der Waals surface area contributed by atoms with Crippen molar-refractivity contribution in [3.05, 3.63) is 35.9 Å². The molecule has 0 aliphatic carbocycles. The van der Waals surface area contributed by atoms with E-state index in [0.717, 1.165) is 30.4 Å². The first-order valence-corrected chi connectivity index (χ1v) is 8.43. The van der Waals surface area contributed by atoms with Crippen molar-refractivity contribution in [1.29, 1.82) is 0 Å². The number of rotatable bonds is 5. The zero-order valence-electron chi connectivity index (χ0n) is 11.8. The Balaban J connectivity index is 1.77. The number of amides is 1. The third kappa shape index (κ3) is 4.82. The topological polar surface area (TPSA) is 29.5 Å². The van der Waals surface area contributed by atoms with Crippen molar-refractivity contribution >= 4 is 22.0 Å². The van der Waals surface area contributed by atoms with E-state index in [2.05, 4.69) is 15.9 Å². The van der Waals surface area contributed by atoms with E-state index in [9.17, 15) is 4.79 Å². The second-order valence-electron chi connectivity index (χ2n) is 5.33. The lowest BCUT2D eigenvalue weighted by Gasteiger charge is -2.32. The molecule has 0 saturated carbocycles. The fourth-order valence-corrected chi connectivity index (χ4v) is 2.97. The van der Waals surface area contributed by atoms with Gasteiger partial charge in [-0.25, -0.2) is 4.79 Å². The third-order valence-corrected chi connectivity index (χ3v) is 4.29. The molecule has 1 aromatic rings. The van der Waals surface area contributed by atoms with E-state index < -0.39 is 0 Å². The lowest BCUT2D eigenvalue weighted by molar-refractivity contribution is 0.0779. The summed E-state index contributed by atoms with van der Waals surface area (Å²) in [4.78, 5) is 14.0. The van der Waals surface area contributed by atoms with E-state index in [4.69, 9.17) is 4.74 Å². The molecule has 0 bridgehead atoms. The highest BCUT2D eigenvalue weighted by Gasteiger charge is 2.24. The number of alkyl halides is 1. The van der Waals surface area contributed by atoms with Gasteiger partial charge in [-0.1, -0.05) is 46.3 Å². The first-order valence-electron chi connectivity index (χ1n) is 7.31. The maximum atomic E-state index is 12.1. The van der Waals surface area contributed by atoms with Gasteiger partial charge in [-0.05, 0) is 37.2 Å². The van der Waals surface area contributed by atoms with Gasteiger partial charge in [0.1, 0.15) is 6.61 Å². The summed E-state index contributed by atoms with van der Waals surface area (Å²) in [5.74, 6) is 0.630. The maximum Gasteiger partial charge on any atom is 0.410 e. The van der Waals surface area contributed by atoms with E-state index in [0.29, 0.717) is 12.5 Å². The average molecular weight is 340 g/mol. The number of nitrogens with zero attached hydrogens (tertiary/aromatic N) is 1. The van der Waals surface area contributed by atoms with Gasteiger partial charge in [-0.2, -0.15) is 0 Å². The SMILES string of the molecule is O=C(OCc1ccccc1)N1CCC[C@@H](CCCBr)C1. The Morgan fingerprint density at radius 2 is 2.15 bits per heavy atom. The van der Waals surface area contributed by atoms with Crippen molar-refractivity contribution in [1.82, 2.24) is 4.90 Å². The normalized spacial score (nSPS) is 18.9. The van der Waals surface area contributed by atoms with Crippen LogP contribution in [0.2, 0.25) is 0 Å². The van der Waals surface area contributed by atoms with Crippen LogP contribution < -0.4 is 0 Å². The van der Waals surface area contributed by atoms with E-state index in [-0.39, 0.29) is 6.09 Å². The smallest absolute Gasteiger partial charge is 0.410 e. The molecule has 1 saturated heterocycles. The van der Waals surface area contributed by atoms with Crippen molar-refractivity contribution in [3.63, 3.8) is 0 Å². The molecular formula is C16H22BrNO2. The fraction of sp³-hybridized carbons (Fsp3) is 0.562. The molecule has 1 heterocycles. The number of carbonyl (C=O) groups is 1. The monoisotopic (exact) mass is 339 g/mol. The average Bonchev–Trinajstić information content (AvgIpc) is 2.52. The Labute approximate surface area is 129 Å². The van der Waals surface area contributed by atoms with E-state index in [1.54, 1.807) is 0 Å². The van der Waals surface area contributed by atoms with Crippen molar-refractivity contribution in [2.24, 2.45) is 5.92 Å². The van der Waals surface area contributed by atoms with Crippen molar-refractivity contribution in [3.8, 4) is 0 Å². The highest BCUT2D eigenvalue weighted by Crippen LogP contribution is 2.22. The molecule has 1 amide bonds. The van der Waals surface area contributed by atoms with Gasteiger partial charge in [0.25, 0.3) is 0 Å². The number of likely N-dealkylation sites (tertiary alicyclic amines) is 1.